The number of aromatic nitrogens is 2. The van der Waals surface area contributed by atoms with E-state index in [0.717, 1.165) is 48.5 Å². The summed E-state index contributed by atoms with van der Waals surface area (Å²) >= 11 is 0. The van der Waals surface area contributed by atoms with Gasteiger partial charge in [0.25, 0.3) is 0 Å². The third kappa shape index (κ3) is 4.14. The third-order valence-electron chi connectivity index (χ3n) is 6.30. The Balaban J connectivity index is 1.56. The molecule has 0 saturated carbocycles. The van der Waals surface area contributed by atoms with Crippen molar-refractivity contribution >= 4 is 22.7 Å². The van der Waals surface area contributed by atoms with Gasteiger partial charge in [-0.3, -0.25) is 0 Å². The van der Waals surface area contributed by atoms with Crippen molar-refractivity contribution in [3.8, 4) is 12.1 Å². The van der Waals surface area contributed by atoms with Crippen LogP contribution in [-0.4, -0.2) is 28.7 Å². The molecule has 0 aliphatic carbocycles. The fraction of sp³-hybridized carbons (Fsp3) is 0.423. The van der Waals surface area contributed by atoms with E-state index in [1.165, 1.54) is 5.69 Å². The first-order chi connectivity index (χ1) is 15.3. The molecule has 6 nitrogen and oxygen atoms in total. The zero-order chi connectivity index (χ0) is 22.9. The van der Waals surface area contributed by atoms with Crippen LogP contribution in [0, 0.1) is 22.7 Å². The molecule has 32 heavy (non-hydrogen) atoms. The first-order valence-electron chi connectivity index (χ1n) is 11.3. The molecule has 4 rings (SSSR count). The molecule has 2 aromatic carbocycles. The van der Waals surface area contributed by atoms with E-state index in [9.17, 15) is 10.5 Å². The lowest BCUT2D eigenvalue weighted by Crippen LogP contribution is -2.35. The second-order valence-corrected chi connectivity index (χ2v) is 9.42. The Kier molecular flexibility index (Phi) is 5.80. The lowest BCUT2D eigenvalue weighted by Gasteiger charge is -2.35. The van der Waals surface area contributed by atoms with Crippen molar-refractivity contribution in [3.63, 3.8) is 0 Å². The monoisotopic (exact) mass is 426 g/mol. The first kappa shape index (κ1) is 21.7. The molecule has 2 heterocycles. The topological polar surface area (TPSA) is 80.7 Å². The van der Waals surface area contributed by atoms with Gasteiger partial charge in [-0.1, -0.05) is 12.1 Å². The number of hydrogen-bond acceptors (Lipinski definition) is 5. The summed E-state index contributed by atoms with van der Waals surface area (Å²) < 4.78 is 2.30. The van der Waals surface area contributed by atoms with Gasteiger partial charge in [-0.2, -0.15) is 10.5 Å². The van der Waals surface area contributed by atoms with Crippen molar-refractivity contribution < 1.29 is 0 Å². The van der Waals surface area contributed by atoms with Crippen LogP contribution in [0.3, 0.4) is 0 Å². The number of imidazole rings is 1. The molecule has 1 aromatic heterocycles. The Hall–Kier alpha value is -3.51. The Morgan fingerprint density at radius 1 is 1.06 bits per heavy atom. The predicted molar refractivity (Wildman–Crippen MR) is 129 cm³/mol. The first-order valence-corrected chi connectivity index (χ1v) is 11.3. The van der Waals surface area contributed by atoms with Gasteiger partial charge in [0.15, 0.2) is 0 Å². The highest BCUT2D eigenvalue weighted by Gasteiger charge is 2.26. The third-order valence-corrected chi connectivity index (χ3v) is 6.30. The highest BCUT2D eigenvalue weighted by Crippen LogP contribution is 2.34. The lowest BCUT2D eigenvalue weighted by atomic mass is 9.86. The van der Waals surface area contributed by atoms with Gasteiger partial charge in [0.1, 0.15) is 0 Å². The molecule has 1 aliphatic heterocycles. The second-order valence-electron chi connectivity index (χ2n) is 9.42. The van der Waals surface area contributed by atoms with E-state index >= 15 is 0 Å². The number of anilines is 2. The van der Waals surface area contributed by atoms with E-state index in [4.69, 9.17) is 4.98 Å². The van der Waals surface area contributed by atoms with Crippen LogP contribution in [0.2, 0.25) is 0 Å². The van der Waals surface area contributed by atoms with Gasteiger partial charge in [-0.25, -0.2) is 4.98 Å². The fourth-order valence-corrected chi connectivity index (χ4v) is 4.43. The van der Waals surface area contributed by atoms with Gasteiger partial charge in [0.2, 0.25) is 5.95 Å². The maximum atomic E-state index is 9.38. The van der Waals surface area contributed by atoms with Crippen molar-refractivity contribution in [3.05, 3.63) is 53.6 Å². The van der Waals surface area contributed by atoms with Crippen LogP contribution in [-0.2, 0) is 5.41 Å². The Morgan fingerprint density at radius 3 is 2.34 bits per heavy atom. The summed E-state index contributed by atoms with van der Waals surface area (Å²) in [6, 6.07) is 19.4. The maximum Gasteiger partial charge on any atom is 0.204 e. The summed E-state index contributed by atoms with van der Waals surface area (Å²) in [5.74, 6) is 0.881. The van der Waals surface area contributed by atoms with Gasteiger partial charge in [-0.05, 0) is 76.4 Å². The molecule has 3 aromatic rings. The highest BCUT2D eigenvalue weighted by molar-refractivity contribution is 5.80. The van der Waals surface area contributed by atoms with Crippen LogP contribution in [0.4, 0.5) is 11.6 Å². The fourth-order valence-electron chi connectivity index (χ4n) is 4.43. The van der Waals surface area contributed by atoms with Crippen LogP contribution >= 0.6 is 0 Å². The maximum absolute atomic E-state index is 9.38. The summed E-state index contributed by atoms with van der Waals surface area (Å²) in [5, 5.41) is 22.3. The summed E-state index contributed by atoms with van der Waals surface area (Å²) in [4.78, 5) is 7.24. The molecule has 1 N–H and O–H groups in total. The number of fused-ring (bicyclic) bond motifs is 1. The van der Waals surface area contributed by atoms with Gasteiger partial charge < -0.3 is 14.8 Å². The molecule has 0 unspecified atom stereocenters. The molecule has 6 heteroatoms. The predicted octanol–water partition coefficient (Wildman–Crippen LogP) is 5.37. The molecule has 1 aliphatic rings. The molecule has 1 saturated heterocycles. The van der Waals surface area contributed by atoms with Gasteiger partial charge in [0, 0.05) is 30.9 Å². The normalized spacial score (nSPS) is 15.0. The Labute approximate surface area is 190 Å². The summed E-state index contributed by atoms with van der Waals surface area (Å²) in [6.45, 7) is 10.0. The van der Waals surface area contributed by atoms with E-state index in [0.29, 0.717) is 11.6 Å². The number of piperidine rings is 1. The number of rotatable bonds is 5. The van der Waals surface area contributed by atoms with Crippen LogP contribution in [0.25, 0.3) is 11.0 Å². The molecule has 0 bridgehead atoms. The molecule has 0 amide bonds. The average Bonchev–Trinajstić information content (AvgIpc) is 3.15. The minimum absolute atomic E-state index is 0.275. The van der Waals surface area contributed by atoms with Crippen molar-refractivity contribution in [2.75, 3.05) is 23.3 Å². The van der Waals surface area contributed by atoms with E-state index < -0.39 is 5.41 Å². The van der Waals surface area contributed by atoms with Gasteiger partial charge >= 0.3 is 0 Å². The van der Waals surface area contributed by atoms with Crippen LogP contribution in [0.5, 0.6) is 0 Å². The summed E-state index contributed by atoms with van der Waals surface area (Å²) in [5.41, 5.74) is 4.37. The standard InChI is InChI=1S/C26H30N6/c1-18(2)29-25-30-23-10-5-19(16-27)15-24(23)32(25)22-11-13-31(14-12-22)21-8-6-20(7-9-21)26(3,4)17-28/h5-10,15,18,22H,11-14H2,1-4H3,(H,29,30). The largest absolute Gasteiger partial charge is 0.371 e. The number of nitriles is 2. The highest BCUT2D eigenvalue weighted by atomic mass is 15.2. The lowest BCUT2D eigenvalue weighted by molar-refractivity contribution is 0.406. The van der Waals surface area contributed by atoms with Crippen LogP contribution in [0.15, 0.2) is 42.5 Å². The zero-order valence-electron chi connectivity index (χ0n) is 19.3. The Morgan fingerprint density at radius 2 is 1.75 bits per heavy atom. The minimum atomic E-state index is -0.476. The van der Waals surface area contributed by atoms with Crippen molar-refractivity contribution in [1.82, 2.24) is 9.55 Å². The van der Waals surface area contributed by atoms with E-state index in [2.05, 4.69) is 65.0 Å². The van der Waals surface area contributed by atoms with Crippen molar-refractivity contribution in [2.45, 2.75) is 58.0 Å². The number of nitrogens with zero attached hydrogens (tertiary/aromatic N) is 5. The molecule has 1 fully saturated rings. The molecule has 164 valence electrons. The van der Waals surface area contributed by atoms with Crippen LogP contribution < -0.4 is 10.2 Å². The van der Waals surface area contributed by atoms with E-state index in [-0.39, 0.29) is 6.04 Å². The number of nitrogens with one attached hydrogen (secondary N) is 1. The second kappa shape index (κ2) is 8.55. The SMILES string of the molecule is CC(C)Nc1nc2ccc(C#N)cc2n1C1CCN(c2ccc(C(C)(C)C#N)cc2)CC1. The quantitative estimate of drug-likeness (QED) is 0.593. The molecule has 0 atom stereocenters. The number of benzene rings is 2. The molecule has 0 radical (unpaired) electrons. The smallest absolute Gasteiger partial charge is 0.204 e. The van der Waals surface area contributed by atoms with Crippen LogP contribution in [0.1, 0.15) is 57.7 Å². The zero-order valence-corrected chi connectivity index (χ0v) is 19.3. The number of hydrogen-bond donors (Lipinski definition) is 1. The van der Waals surface area contributed by atoms with Crippen molar-refractivity contribution in [2.24, 2.45) is 0 Å². The average molecular weight is 427 g/mol. The molecular formula is C26H30N6. The Bertz CT molecular complexity index is 1180. The van der Waals surface area contributed by atoms with Gasteiger partial charge in [0.05, 0.1) is 34.2 Å². The molecule has 0 spiro atoms. The molecular weight excluding hydrogens is 396 g/mol. The van der Waals surface area contributed by atoms with E-state index in [1.807, 2.05) is 32.0 Å². The summed E-state index contributed by atoms with van der Waals surface area (Å²) in [6.07, 6.45) is 2.00. The van der Waals surface area contributed by atoms with Crippen molar-refractivity contribution in [1.29, 1.82) is 10.5 Å². The van der Waals surface area contributed by atoms with Gasteiger partial charge in [-0.15, -0.1) is 0 Å². The van der Waals surface area contributed by atoms with E-state index in [1.54, 1.807) is 0 Å². The minimum Gasteiger partial charge on any atom is -0.371 e. The summed E-state index contributed by atoms with van der Waals surface area (Å²) in [7, 11) is 0.